The highest BCUT2D eigenvalue weighted by atomic mass is 16.3. The quantitative estimate of drug-likeness (QED) is 0.528. The molecule has 9 nitrogen and oxygen atoms in total. The summed E-state index contributed by atoms with van der Waals surface area (Å²) in [5.41, 5.74) is 0. The van der Waals surface area contributed by atoms with E-state index in [0.717, 1.165) is 37.6 Å². The fraction of sp³-hybridized carbons (Fsp3) is 0.500. The topological polar surface area (TPSA) is 107 Å². The van der Waals surface area contributed by atoms with E-state index < -0.39 is 23.8 Å². The average Bonchev–Trinajstić information content (AvgIpc) is 3.12. The minimum absolute atomic E-state index is 0.0178. The van der Waals surface area contributed by atoms with E-state index in [9.17, 15) is 14.4 Å². The van der Waals surface area contributed by atoms with Crippen molar-refractivity contribution in [2.24, 2.45) is 10.9 Å². The van der Waals surface area contributed by atoms with Crippen molar-refractivity contribution in [3.63, 3.8) is 0 Å². The molecule has 0 spiro atoms. The first kappa shape index (κ1) is 17.3. The van der Waals surface area contributed by atoms with Crippen molar-refractivity contribution >= 4 is 24.1 Å². The first-order chi connectivity index (χ1) is 12.1. The number of aliphatic imine (C=N–C) groups is 1. The summed E-state index contributed by atoms with van der Waals surface area (Å²) in [6.07, 6.45) is 2.79. The Hall–Kier alpha value is -2.52. The predicted molar refractivity (Wildman–Crippen MR) is 89.0 cm³/mol. The van der Waals surface area contributed by atoms with E-state index in [1.807, 2.05) is 0 Å². The number of hydrogen-bond acceptors (Lipinski definition) is 7. The fourth-order valence-corrected chi connectivity index (χ4v) is 2.78. The lowest BCUT2D eigenvalue weighted by atomic mass is 10.1. The molecule has 4 amide bonds. The van der Waals surface area contributed by atoms with Gasteiger partial charge >= 0.3 is 6.03 Å². The van der Waals surface area contributed by atoms with Gasteiger partial charge in [-0.25, -0.2) is 4.79 Å². The highest BCUT2D eigenvalue weighted by Gasteiger charge is 2.39. The van der Waals surface area contributed by atoms with Crippen LogP contribution in [0.15, 0.2) is 27.8 Å². The van der Waals surface area contributed by atoms with E-state index >= 15 is 0 Å². The van der Waals surface area contributed by atoms with Crippen LogP contribution in [0, 0.1) is 5.92 Å². The fourth-order valence-electron chi connectivity index (χ4n) is 2.78. The van der Waals surface area contributed by atoms with E-state index in [2.05, 4.69) is 20.5 Å². The zero-order valence-electron chi connectivity index (χ0n) is 13.8. The summed E-state index contributed by atoms with van der Waals surface area (Å²) < 4.78 is 5.16. The van der Waals surface area contributed by atoms with Crippen LogP contribution in [0.1, 0.15) is 5.76 Å². The lowest BCUT2D eigenvalue weighted by molar-refractivity contribution is -0.139. The largest absolute Gasteiger partial charge is 0.467 e. The molecule has 0 unspecified atom stereocenters. The van der Waals surface area contributed by atoms with Gasteiger partial charge in [0.2, 0.25) is 11.8 Å². The molecule has 1 atom stereocenters. The molecule has 3 heterocycles. The van der Waals surface area contributed by atoms with Gasteiger partial charge in [-0.05, 0) is 12.1 Å². The van der Waals surface area contributed by atoms with Crippen LogP contribution in [0.4, 0.5) is 4.79 Å². The molecule has 1 aromatic rings. The number of nitrogens with zero attached hydrogens (tertiary/aromatic N) is 3. The van der Waals surface area contributed by atoms with E-state index in [0.29, 0.717) is 12.3 Å². The molecule has 2 aliphatic rings. The number of furan rings is 1. The number of hydrogen-bond donors (Lipinski definition) is 2. The lowest BCUT2D eigenvalue weighted by Gasteiger charge is -2.28. The van der Waals surface area contributed by atoms with Gasteiger partial charge in [-0.1, -0.05) is 0 Å². The molecule has 0 saturated carbocycles. The number of imide groups is 2. The van der Waals surface area contributed by atoms with Gasteiger partial charge in [0.05, 0.1) is 19.4 Å². The average molecular weight is 347 g/mol. The maximum atomic E-state index is 12.5. The maximum absolute atomic E-state index is 12.5. The monoisotopic (exact) mass is 347 g/mol. The number of rotatable bonds is 6. The normalized spacial score (nSPS) is 22.6. The first-order valence-electron chi connectivity index (χ1n) is 8.27. The summed E-state index contributed by atoms with van der Waals surface area (Å²) in [6.45, 7) is 5.09. The molecule has 0 bridgehead atoms. The third-order valence-corrected chi connectivity index (χ3v) is 4.19. The number of carbonyl (C=O) groups is 3. The second-order valence-corrected chi connectivity index (χ2v) is 5.92. The van der Waals surface area contributed by atoms with Crippen LogP contribution in [-0.2, 0) is 16.1 Å². The number of carbonyl (C=O) groups excluding carboxylic acids is 3. The zero-order chi connectivity index (χ0) is 17.6. The highest BCUT2D eigenvalue weighted by molar-refractivity contribution is 6.23. The number of nitrogens with one attached hydrogen (secondary N) is 2. The Balaban J connectivity index is 1.57. The summed E-state index contributed by atoms with van der Waals surface area (Å²) in [4.78, 5) is 43.8. The summed E-state index contributed by atoms with van der Waals surface area (Å²) in [5.74, 6) is -1.85. The molecule has 0 radical (unpaired) electrons. The van der Waals surface area contributed by atoms with Crippen molar-refractivity contribution in [2.75, 3.05) is 39.3 Å². The van der Waals surface area contributed by atoms with Gasteiger partial charge in [0.1, 0.15) is 5.76 Å². The van der Waals surface area contributed by atoms with E-state index in [1.165, 1.54) is 12.5 Å². The Morgan fingerprint density at radius 2 is 2.08 bits per heavy atom. The number of urea groups is 1. The van der Waals surface area contributed by atoms with Gasteiger partial charge in [-0.15, -0.1) is 0 Å². The zero-order valence-corrected chi connectivity index (χ0v) is 13.8. The molecule has 2 aliphatic heterocycles. The van der Waals surface area contributed by atoms with E-state index in [4.69, 9.17) is 4.42 Å². The molecule has 3 rings (SSSR count). The molecular weight excluding hydrogens is 326 g/mol. The number of barbiturate groups is 1. The van der Waals surface area contributed by atoms with Crippen molar-refractivity contribution in [3.05, 3.63) is 24.2 Å². The molecule has 0 aromatic carbocycles. The lowest BCUT2D eigenvalue weighted by Crippen LogP contribution is -2.57. The van der Waals surface area contributed by atoms with Crippen LogP contribution in [0.25, 0.3) is 0 Å². The van der Waals surface area contributed by atoms with Gasteiger partial charge < -0.3 is 9.73 Å². The number of piperazine rings is 1. The summed E-state index contributed by atoms with van der Waals surface area (Å²) >= 11 is 0. The van der Waals surface area contributed by atoms with Crippen LogP contribution in [0.3, 0.4) is 0 Å². The molecule has 134 valence electrons. The highest BCUT2D eigenvalue weighted by Crippen LogP contribution is 2.13. The van der Waals surface area contributed by atoms with Crippen LogP contribution >= 0.6 is 0 Å². The van der Waals surface area contributed by atoms with Crippen LogP contribution in [0.2, 0.25) is 0 Å². The molecule has 0 aliphatic carbocycles. The Bertz CT molecular complexity index is 651. The number of amides is 4. The minimum Gasteiger partial charge on any atom is -0.467 e. The van der Waals surface area contributed by atoms with Crippen molar-refractivity contribution in [2.45, 2.75) is 6.54 Å². The molecule has 1 aromatic heterocycles. The molecule has 2 fully saturated rings. The Morgan fingerprint density at radius 3 is 2.80 bits per heavy atom. The molecule has 25 heavy (non-hydrogen) atoms. The van der Waals surface area contributed by atoms with E-state index in [1.54, 1.807) is 12.1 Å². The Kier molecular flexibility index (Phi) is 5.56. The van der Waals surface area contributed by atoms with Crippen molar-refractivity contribution in [1.82, 2.24) is 20.4 Å². The Labute approximate surface area is 145 Å². The van der Waals surface area contributed by atoms with Crippen molar-refractivity contribution < 1.29 is 18.8 Å². The van der Waals surface area contributed by atoms with Gasteiger partial charge in [0, 0.05) is 38.9 Å². The van der Waals surface area contributed by atoms with Crippen LogP contribution in [-0.4, -0.2) is 73.1 Å². The standard InChI is InChI=1S/C16H21N5O4/c22-14-13(10-18-5-8-20-6-3-17-4-7-20)15(23)21(16(24)19-14)11-12-2-1-9-25-12/h1-2,9-10,13,17H,3-8,11H2,(H,19,22,24)/t13-/m1/s1. The molecule has 9 heteroatoms. The maximum Gasteiger partial charge on any atom is 0.331 e. The van der Waals surface area contributed by atoms with Gasteiger partial charge in [0.25, 0.3) is 0 Å². The van der Waals surface area contributed by atoms with Crippen LogP contribution in [0.5, 0.6) is 0 Å². The molecule has 2 N–H and O–H groups in total. The van der Waals surface area contributed by atoms with Gasteiger partial charge in [0.15, 0.2) is 5.92 Å². The summed E-state index contributed by atoms with van der Waals surface area (Å²) in [5, 5.41) is 5.46. The molecular formula is C16H21N5O4. The predicted octanol–water partition coefficient (Wildman–Crippen LogP) is -0.550. The Morgan fingerprint density at radius 1 is 1.28 bits per heavy atom. The second kappa shape index (κ2) is 8.04. The summed E-state index contributed by atoms with van der Waals surface area (Å²) in [7, 11) is 0. The van der Waals surface area contributed by atoms with Gasteiger partial charge in [-0.3, -0.25) is 29.7 Å². The van der Waals surface area contributed by atoms with E-state index in [-0.39, 0.29) is 6.54 Å². The molecule has 2 saturated heterocycles. The minimum atomic E-state index is -1.09. The third kappa shape index (κ3) is 4.31. The van der Waals surface area contributed by atoms with Crippen molar-refractivity contribution in [1.29, 1.82) is 0 Å². The van der Waals surface area contributed by atoms with Crippen molar-refractivity contribution in [3.8, 4) is 0 Å². The third-order valence-electron chi connectivity index (χ3n) is 4.19. The smallest absolute Gasteiger partial charge is 0.331 e. The van der Waals surface area contributed by atoms with Gasteiger partial charge in [-0.2, -0.15) is 0 Å². The van der Waals surface area contributed by atoms with Crippen LogP contribution < -0.4 is 10.6 Å². The second-order valence-electron chi connectivity index (χ2n) is 5.92. The first-order valence-corrected chi connectivity index (χ1v) is 8.27. The SMILES string of the molecule is O=C1NC(=O)N(Cc2ccco2)C(=O)[C@@H]1C=NCCN1CCNCC1. The summed E-state index contributed by atoms with van der Waals surface area (Å²) in [6, 6.07) is 2.59.